The van der Waals surface area contributed by atoms with Crippen LogP contribution in [0.4, 0.5) is 8.78 Å². The van der Waals surface area contributed by atoms with Crippen LogP contribution in [-0.4, -0.2) is 27.4 Å². The summed E-state index contributed by atoms with van der Waals surface area (Å²) in [7, 11) is 1.58. The molecule has 0 aliphatic carbocycles. The minimum atomic E-state index is -2.64. The van der Waals surface area contributed by atoms with E-state index in [1.165, 1.54) is 28.6 Å². The molecule has 2 heterocycles. The van der Waals surface area contributed by atoms with E-state index in [0.29, 0.717) is 0 Å². The lowest BCUT2D eigenvalue weighted by molar-refractivity contribution is -0.129. The number of alkyl halides is 2. The Balaban J connectivity index is 1.98. The number of carbonyl (C=O) groups excluding carboxylic acids is 1. The second-order valence-electron chi connectivity index (χ2n) is 4.03. The molecule has 4 nitrogen and oxygen atoms in total. The number of aromatic nitrogens is 2. The van der Waals surface area contributed by atoms with Crippen molar-refractivity contribution < 1.29 is 13.6 Å². The van der Waals surface area contributed by atoms with E-state index < -0.39 is 6.55 Å². The maximum atomic E-state index is 12.6. The largest absolute Gasteiger partial charge is 0.338 e. The topological polar surface area (TPSA) is 38.1 Å². The van der Waals surface area contributed by atoms with Crippen LogP contribution in [0.3, 0.4) is 0 Å². The van der Waals surface area contributed by atoms with Gasteiger partial charge in [0.15, 0.2) is 0 Å². The normalized spacial score (nSPS) is 10.9. The van der Waals surface area contributed by atoms with Gasteiger partial charge in [-0.25, -0.2) is 4.98 Å². The SMILES string of the molecule is CN(Cc1nccn1C(F)F)C(=O)Cc1cccs1. The molecule has 19 heavy (non-hydrogen) atoms. The van der Waals surface area contributed by atoms with Crippen LogP contribution in [0.15, 0.2) is 29.9 Å². The van der Waals surface area contributed by atoms with E-state index in [-0.39, 0.29) is 24.7 Å². The second-order valence-corrected chi connectivity index (χ2v) is 5.07. The van der Waals surface area contributed by atoms with Gasteiger partial charge in [0.1, 0.15) is 5.82 Å². The lowest BCUT2D eigenvalue weighted by atomic mass is 10.3. The molecule has 7 heteroatoms. The average Bonchev–Trinajstić information content (AvgIpc) is 2.99. The molecule has 102 valence electrons. The third-order valence-corrected chi connectivity index (χ3v) is 3.55. The highest BCUT2D eigenvalue weighted by Crippen LogP contribution is 2.15. The lowest BCUT2D eigenvalue weighted by Gasteiger charge is -2.17. The van der Waals surface area contributed by atoms with Gasteiger partial charge in [-0.05, 0) is 11.4 Å². The Morgan fingerprint density at radius 1 is 1.58 bits per heavy atom. The third-order valence-electron chi connectivity index (χ3n) is 2.67. The maximum absolute atomic E-state index is 12.6. The van der Waals surface area contributed by atoms with Crippen molar-refractivity contribution >= 4 is 17.2 Å². The zero-order chi connectivity index (χ0) is 13.8. The quantitative estimate of drug-likeness (QED) is 0.846. The van der Waals surface area contributed by atoms with Crippen LogP contribution >= 0.6 is 11.3 Å². The Hall–Kier alpha value is -1.76. The minimum absolute atomic E-state index is 0.0710. The number of halogens is 2. The van der Waals surface area contributed by atoms with Gasteiger partial charge in [0.2, 0.25) is 5.91 Å². The molecule has 0 radical (unpaired) electrons. The van der Waals surface area contributed by atoms with Gasteiger partial charge >= 0.3 is 6.55 Å². The molecule has 0 fully saturated rings. The highest BCUT2D eigenvalue weighted by atomic mass is 32.1. The first-order valence-electron chi connectivity index (χ1n) is 5.64. The summed E-state index contributed by atoms with van der Waals surface area (Å²) in [4.78, 5) is 18.1. The van der Waals surface area contributed by atoms with Crippen molar-refractivity contribution in [3.05, 3.63) is 40.6 Å². The van der Waals surface area contributed by atoms with Crippen molar-refractivity contribution in [3.63, 3.8) is 0 Å². The van der Waals surface area contributed by atoms with Crippen molar-refractivity contribution in [2.24, 2.45) is 0 Å². The van der Waals surface area contributed by atoms with E-state index in [2.05, 4.69) is 4.98 Å². The molecule has 0 aromatic carbocycles. The summed E-state index contributed by atoms with van der Waals surface area (Å²) in [5, 5.41) is 1.89. The maximum Gasteiger partial charge on any atom is 0.319 e. The average molecular weight is 285 g/mol. The fourth-order valence-corrected chi connectivity index (χ4v) is 2.34. The second kappa shape index (κ2) is 5.92. The van der Waals surface area contributed by atoms with Gasteiger partial charge in [-0.3, -0.25) is 9.36 Å². The first-order valence-corrected chi connectivity index (χ1v) is 6.52. The number of hydrogen-bond donors (Lipinski definition) is 0. The van der Waals surface area contributed by atoms with E-state index in [1.807, 2.05) is 17.5 Å². The third kappa shape index (κ3) is 3.37. The molecule has 0 aliphatic heterocycles. The van der Waals surface area contributed by atoms with Crippen LogP contribution in [0.1, 0.15) is 17.3 Å². The van der Waals surface area contributed by atoms with Crippen molar-refractivity contribution in [1.82, 2.24) is 14.5 Å². The zero-order valence-corrected chi connectivity index (χ0v) is 11.1. The van der Waals surface area contributed by atoms with Gasteiger partial charge in [0.25, 0.3) is 0 Å². The van der Waals surface area contributed by atoms with Crippen LogP contribution in [-0.2, 0) is 17.8 Å². The van der Waals surface area contributed by atoms with Crippen molar-refractivity contribution in [2.75, 3.05) is 7.05 Å². The first-order chi connectivity index (χ1) is 9.08. The van der Waals surface area contributed by atoms with Gasteiger partial charge in [-0.15, -0.1) is 11.3 Å². The molecule has 0 N–H and O–H groups in total. The Morgan fingerprint density at radius 2 is 2.37 bits per heavy atom. The fourth-order valence-electron chi connectivity index (χ4n) is 1.64. The summed E-state index contributed by atoms with van der Waals surface area (Å²) in [5.41, 5.74) is 0. The van der Waals surface area contributed by atoms with Crippen molar-refractivity contribution in [2.45, 2.75) is 19.5 Å². The van der Waals surface area contributed by atoms with Gasteiger partial charge in [0.05, 0.1) is 13.0 Å². The molecular weight excluding hydrogens is 272 g/mol. The molecule has 0 atom stereocenters. The van der Waals surface area contributed by atoms with E-state index >= 15 is 0 Å². The van der Waals surface area contributed by atoms with Gasteiger partial charge in [0, 0.05) is 24.3 Å². The number of hydrogen-bond acceptors (Lipinski definition) is 3. The van der Waals surface area contributed by atoms with Crippen molar-refractivity contribution in [3.8, 4) is 0 Å². The Kier molecular flexibility index (Phi) is 4.26. The highest BCUT2D eigenvalue weighted by molar-refractivity contribution is 7.10. The summed E-state index contributed by atoms with van der Waals surface area (Å²) in [6.45, 7) is -2.57. The van der Waals surface area contributed by atoms with E-state index in [1.54, 1.807) is 7.05 Å². The number of carbonyl (C=O) groups is 1. The standard InChI is InChI=1S/C12H13F2N3OS/c1-16(11(18)7-9-3-2-6-19-9)8-10-15-4-5-17(10)12(13)14/h2-6,12H,7-8H2,1H3. The Bertz CT molecular complexity index is 539. The lowest BCUT2D eigenvalue weighted by Crippen LogP contribution is -2.29. The zero-order valence-electron chi connectivity index (χ0n) is 10.3. The Labute approximate surface area is 113 Å². The van der Waals surface area contributed by atoms with Crippen LogP contribution in [0, 0.1) is 0 Å². The summed E-state index contributed by atoms with van der Waals surface area (Å²) in [6.07, 6.45) is 2.79. The molecule has 0 bridgehead atoms. The molecule has 0 spiro atoms. The summed E-state index contributed by atoms with van der Waals surface area (Å²) >= 11 is 1.50. The molecule has 0 aliphatic rings. The summed E-state index contributed by atoms with van der Waals surface area (Å²) < 4.78 is 26.0. The number of likely N-dealkylation sites (N-methyl/N-ethyl adjacent to an activating group) is 1. The number of nitrogens with zero attached hydrogens (tertiary/aromatic N) is 3. The minimum Gasteiger partial charge on any atom is -0.338 e. The number of thiophene rings is 1. The van der Waals surface area contributed by atoms with Gasteiger partial charge in [-0.1, -0.05) is 6.07 Å². The summed E-state index contributed by atoms with van der Waals surface area (Å²) in [5.74, 6) is 0.0586. The smallest absolute Gasteiger partial charge is 0.319 e. The molecule has 0 saturated heterocycles. The molecule has 0 unspecified atom stereocenters. The number of rotatable bonds is 5. The first kappa shape index (κ1) is 13.7. The van der Waals surface area contributed by atoms with Crippen LogP contribution < -0.4 is 0 Å². The van der Waals surface area contributed by atoms with E-state index in [0.717, 1.165) is 9.44 Å². The predicted molar refractivity (Wildman–Crippen MR) is 68.0 cm³/mol. The van der Waals surface area contributed by atoms with E-state index in [9.17, 15) is 13.6 Å². The summed E-state index contributed by atoms with van der Waals surface area (Å²) in [6, 6.07) is 3.74. The van der Waals surface area contributed by atoms with Gasteiger partial charge < -0.3 is 4.90 Å². The highest BCUT2D eigenvalue weighted by Gasteiger charge is 2.16. The number of amides is 1. The van der Waals surface area contributed by atoms with Crippen LogP contribution in [0.2, 0.25) is 0 Å². The van der Waals surface area contributed by atoms with Crippen molar-refractivity contribution in [1.29, 1.82) is 0 Å². The monoisotopic (exact) mass is 285 g/mol. The molecule has 1 amide bonds. The Morgan fingerprint density at radius 3 is 3.00 bits per heavy atom. The predicted octanol–water partition coefficient (Wildman–Crippen LogP) is 2.54. The molecule has 2 rings (SSSR count). The fraction of sp³-hybridized carbons (Fsp3) is 0.333. The van der Waals surface area contributed by atoms with Crippen LogP contribution in [0.5, 0.6) is 0 Å². The molecular formula is C12H13F2N3OS. The van der Waals surface area contributed by atoms with Gasteiger partial charge in [-0.2, -0.15) is 8.78 Å². The molecule has 0 saturated carbocycles. The van der Waals surface area contributed by atoms with E-state index in [4.69, 9.17) is 0 Å². The molecule has 2 aromatic heterocycles. The molecule has 2 aromatic rings. The van der Waals surface area contributed by atoms with Crippen LogP contribution in [0.25, 0.3) is 0 Å². The number of imidazole rings is 1.